The van der Waals surface area contributed by atoms with Crippen molar-refractivity contribution in [2.45, 2.75) is 53.6 Å². The van der Waals surface area contributed by atoms with E-state index in [1.807, 2.05) is 12.4 Å². The topological polar surface area (TPSA) is 29.9 Å². The highest BCUT2D eigenvalue weighted by molar-refractivity contribution is 5.37. The van der Waals surface area contributed by atoms with E-state index in [4.69, 9.17) is 0 Å². The van der Waals surface area contributed by atoms with Gasteiger partial charge in [-0.25, -0.2) is 4.98 Å². The van der Waals surface area contributed by atoms with Crippen molar-refractivity contribution in [1.82, 2.24) is 9.55 Å². The number of aromatic nitrogens is 2. The van der Waals surface area contributed by atoms with Gasteiger partial charge < -0.3 is 9.88 Å². The molecule has 2 rings (SSSR count). The molecule has 3 nitrogen and oxygen atoms in total. The normalized spacial score (nSPS) is 22.4. The minimum Gasteiger partial charge on any atom is -0.352 e. The molecule has 1 aliphatic carbocycles. The monoisotopic (exact) mass is 221 g/mol. The first-order valence-corrected chi connectivity index (χ1v) is 6.08. The largest absolute Gasteiger partial charge is 0.352 e. The second-order valence-corrected chi connectivity index (χ2v) is 6.27. The van der Waals surface area contributed by atoms with Gasteiger partial charge in [-0.05, 0) is 24.7 Å². The molecule has 1 saturated carbocycles. The Labute approximate surface area is 98.3 Å². The van der Waals surface area contributed by atoms with Gasteiger partial charge in [-0.3, -0.25) is 0 Å². The SMILES string of the molecule is CC(C)n1ccnc1NC1C(C)(C)C1(C)C. The third-order valence-electron chi connectivity index (χ3n) is 4.52. The zero-order chi connectivity index (χ0) is 12.1. The Kier molecular flexibility index (Phi) is 2.34. The van der Waals surface area contributed by atoms with E-state index >= 15 is 0 Å². The van der Waals surface area contributed by atoms with E-state index in [1.54, 1.807) is 0 Å². The molecule has 0 saturated heterocycles. The van der Waals surface area contributed by atoms with Crippen LogP contribution in [0.3, 0.4) is 0 Å². The predicted molar refractivity (Wildman–Crippen MR) is 67.6 cm³/mol. The molecular formula is C13H23N3. The fraction of sp³-hybridized carbons (Fsp3) is 0.769. The molecule has 90 valence electrons. The first kappa shape index (κ1) is 11.5. The first-order valence-electron chi connectivity index (χ1n) is 6.08. The van der Waals surface area contributed by atoms with Gasteiger partial charge in [0.15, 0.2) is 0 Å². The van der Waals surface area contributed by atoms with Crippen LogP contribution in [-0.2, 0) is 0 Å². The van der Waals surface area contributed by atoms with Crippen molar-refractivity contribution in [3.8, 4) is 0 Å². The van der Waals surface area contributed by atoms with E-state index in [0.717, 1.165) is 5.95 Å². The van der Waals surface area contributed by atoms with Crippen molar-refractivity contribution < 1.29 is 0 Å². The van der Waals surface area contributed by atoms with Crippen molar-refractivity contribution in [2.24, 2.45) is 10.8 Å². The summed E-state index contributed by atoms with van der Waals surface area (Å²) in [5.41, 5.74) is 0.696. The predicted octanol–water partition coefficient (Wildman–Crippen LogP) is 3.31. The second kappa shape index (κ2) is 3.25. The molecule has 0 bridgehead atoms. The van der Waals surface area contributed by atoms with Crippen LogP contribution in [0, 0.1) is 10.8 Å². The van der Waals surface area contributed by atoms with Crippen LogP contribution in [0.1, 0.15) is 47.6 Å². The number of anilines is 1. The average Bonchev–Trinajstić information content (AvgIpc) is 2.58. The molecule has 1 aromatic heterocycles. The number of hydrogen-bond acceptors (Lipinski definition) is 2. The highest BCUT2D eigenvalue weighted by Gasteiger charge is 2.65. The fourth-order valence-electron chi connectivity index (χ4n) is 2.53. The van der Waals surface area contributed by atoms with E-state index in [2.05, 4.69) is 56.4 Å². The zero-order valence-electron chi connectivity index (χ0n) is 11.2. The molecular weight excluding hydrogens is 198 g/mol. The van der Waals surface area contributed by atoms with Gasteiger partial charge in [0.2, 0.25) is 5.95 Å². The summed E-state index contributed by atoms with van der Waals surface area (Å²) in [5, 5.41) is 3.58. The smallest absolute Gasteiger partial charge is 0.203 e. The Balaban J connectivity index is 2.15. The molecule has 1 aliphatic rings. The van der Waals surface area contributed by atoms with Crippen LogP contribution in [-0.4, -0.2) is 15.6 Å². The molecule has 0 spiro atoms. The Hall–Kier alpha value is -0.990. The molecule has 0 amide bonds. The number of imidazole rings is 1. The maximum Gasteiger partial charge on any atom is 0.203 e. The molecule has 0 aliphatic heterocycles. The van der Waals surface area contributed by atoms with Crippen LogP contribution < -0.4 is 5.32 Å². The Morgan fingerprint density at radius 1 is 1.25 bits per heavy atom. The third-order valence-corrected chi connectivity index (χ3v) is 4.52. The molecule has 1 fully saturated rings. The summed E-state index contributed by atoms with van der Waals surface area (Å²) >= 11 is 0. The molecule has 1 N–H and O–H groups in total. The van der Waals surface area contributed by atoms with Crippen LogP contribution in [0.5, 0.6) is 0 Å². The van der Waals surface area contributed by atoms with Crippen LogP contribution >= 0.6 is 0 Å². The minimum absolute atomic E-state index is 0.348. The van der Waals surface area contributed by atoms with Gasteiger partial charge in [0.05, 0.1) is 0 Å². The lowest BCUT2D eigenvalue weighted by atomic mass is 10.0. The van der Waals surface area contributed by atoms with Crippen LogP contribution in [0.15, 0.2) is 12.4 Å². The van der Waals surface area contributed by atoms with Gasteiger partial charge in [0, 0.05) is 24.5 Å². The summed E-state index contributed by atoms with van der Waals surface area (Å²) in [6, 6.07) is 0.967. The lowest BCUT2D eigenvalue weighted by Gasteiger charge is -2.13. The highest BCUT2D eigenvalue weighted by atomic mass is 15.2. The maximum atomic E-state index is 4.40. The number of rotatable bonds is 3. The molecule has 3 heteroatoms. The molecule has 0 atom stereocenters. The van der Waals surface area contributed by atoms with Crippen LogP contribution in [0.25, 0.3) is 0 Å². The molecule has 0 unspecified atom stereocenters. The molecule has 0 radical (unpaired) electrons. The van der Waals surface area contributed by atoms with E-state index in [0.29, 0.717) is 22.9 Å². The lowest BCUT2D eigenvalue weighted by Crippen LogP contribution is -2.15. The highest BCUT2D eigenvalue weighted by Crippen LogP contribution is 2.63. The lowest BCUT2D eigenvalue weighted by molar-refractivity contribution is 0.457. The van der Waals surface area contributed by atoms with Gasteiger partial charge in [-0.2, -0.15) is 0 Å². The minimum atomic E-state index is 0.348. The number of nitrogens with one attached hydrogen (secondary N) is 1. The third kappa shape index (κ3) is 1.45. The number of nitrogens with zero attached hydrogens (tertiary/aromatic N) is 2. The van der Waals surface area contributed by atoms with Crippen LogP contribution in [0.2, 0.25) is 0 Å². The Bertz CT molecular complexity index is 374. The Morgan fingerprint density at radius 2 is 1.81 bits per heavy atom. The second-order valence-electron chi connectivity index (χ2n) is 6.27. The summed E-state index contributed by atoms with van der Waals surface area (Å²) in [6.07, 6.45) is 3.90. The van der Waals surface area contributed by atoms with E-state index < -0.39 is 0 Å². The standard InChI is InChI=1S/C13H23N3/c1-9(2)16-8-7-14-11(16)15-10-12(3,4)13(10,5)6/h7-10H,1-6H3,(H,14,15). The van der Waals surface area contributed by atoms with Gasteiger partial charge in [-0.15, -0.1) is 0 Å². The molecule has 1 heterocycles. The van der Waals surface area contributed by atoms with Crippen molar-refractivity contribution in [3.63, 3.8) is 0 Å². The van der Waals surface area contributed by atoms with Gasteiger partial charge in [-0.1, -0.05) is 27.7 Å². The fourth-order valence-corrected chi connectivity index (χ4v) is 2.53. The summed E-state index contributed by atoms with van der Waals surface area (Å²) < 4.78 is 2.18. The summed E-state index contributed by atoms with van der Waals surface area (Å²) in [5.74, 6) is 0.999. The average molecular weight is 221 g/mol. The molecule has 16 heavy (non-hydrogen) atoms. The van der Waals surface area contributed by atoms with Gasteiger partial charge in [0.1, 0.15) is 0 Å². The van der Waals surface area contributed by atoms with Crippen LogP contribution in [0.4, 0.5) is 5.95 Å². The van der Waals surface area contributed by atoms with E-state index in [-0.39, 0.29) is 0 Å². The van der Waals surface area contributed by atoms with Crippen molar-refractivity contribution in [2.75, 3.05) is 5.32 Å². The quantitative estimate of drug-likeness (QED) is 0.848. The zero-order valence-corrected chi connectivity index (χ0v) is 11.2. The molecule has 1 aromatic rings. The van der Waals surface area contributed by atoms with Gasteiger partial charge in [0.25, 0.3) is 0 Å². The van der Waals surface area contributed by atoms with Gasteiger partial charge >= 0.3 is 0 Å². The van der Waals surface area contributed by atoms with Crippen molar-refractivity contribution >= 4 is 5.95 Å². The maximum absolute atomic E-state index is 4.40. The Morgan fingerprint density at radius 3 is 2.25 bits per heavy atom. The van der Waals surface area contributed by atoms with Crippen molar-refractivity contribution in [3.05, 3.63) is 12.4 Å². The molecule has 0 aromatic carbocycles. The first-order chi connectivity index (χ1) is 7.28. The number of hydrogen-bond donors (Lipinski definition) is 1. The van der Waals surface area contributed by atoms with E-state index in [1.165, 1.54) is 0 Å². The van der Waals surface area contributed by atoms with E-state index in [9.17, 15) is 0 Å². The summed E-state index contributed by atoms with van der Waals surface area (Å²) in [4.78, 5) is 4.40. The summed E-state index contributed by atoms with van der Waals surface area (Å²) in [7, 11) is 0. The summed E-state index contributed by atoms with van der Waals surface area (Å²) in [6.45, 7) is 13.6. The van der Waals surface area contributed by atoms with Crippen molar-refractivity contribution in [1.29, 1.82) is 0 Å².